The van der Waals surface area contributed by atoms with Crippen LogP contribution in [-0.2, 0) is 17.1 Å². The highest BCUT2D eigenvalue weighted by molar-refractivity contribution is 9.09. The molecule has 5 nitrogen and oxygen atoms in total. The maximum absolute atomic E-state index is 11.8. The van der Waals surface area contributed by atoms with Gasteiger partial charge in [-0.1, -0.05) is 22.9 Å². The van der Waals surface area contributed by atoms with E-state index in [9.17, 15) is 8.42 Å². The molecule has 0 aliphatic rings. The van der Waals surface area contributed by atoms with Gasteiger partial charge in [-0.2, -0.15) is 0 Å². The monoisotopic (exact) mass is 309 g/mol. The Labute approximate surface area is 104 Å². The molecule has 2 atom stereocenters. The summed E-state index contributed by atoms with van der Waals surface area (Å²) in [6, 6.07) is -0.124. The smallest absolute Gasteiger partial charge is 0.259 e. The van der Waals surface area contributed by atoms with Gasteiger partial charge in [0.25, 0.3) is 10.0 Å². The summed E-state index contributed by atoms with van der Waals surface area (Å²) in [6.07, 6.45) is 3.67. The number of nitrogens with one attached hydrogen (secondary N) is 1. The Bertz CT molecular complexity index is 441. The normalized spacial score (nSPS) is 16.0. The summed E-state index contributed by atoms with van der Waals surface area (Å²) in [5.74, 6) is 0. The summed E-state index contributed by atoms with van der Waals surface area (Å²) >= 11 is 3.39. The van der Waals surface area contributed by atoms with E-state index < -0.39 is 10.0 Å². The van der Waals surface area contributed by atoms with Crippen molar-refractivity contribution < 1.29 is 8.42 Å². The molecular weight excluding hydrogens is 294 g/mol. The lowest BCUT2D eigenvalue weighted by molar-refractivity contribution is 0.545. The van der Waals surface area contributed by atoms with Gasteiger partial charge < -0.3 is 4.57 Å². The molecule has 1 rings (SSSR count). The number of sulfonamides is 1. The van der Waals surface area contributed by atoms with Crippen molar-refractivity contribution in [2.24, 2.45) is 7.05 Å². The summed E-state index contributed by atoms with van der Waals surface area (Å²) in [5.41, 5.74) is 0. The van der Waals surface area contributed by atoms with Crippen molar-refractivity contribution in [2.45, 2.75) is 36.2 Å². The molecule has 7 heteroatoms. The molecule has 0 aliphatic heterocycles. The van der Waals surface area contributed by atoms with Gasteiger partial charge in [-0.3, -0.25) is 0 Å². The third-order valence-corrected chi connectivity index (χ3v) is 3.84. The van der Waals surface area contributed by atoms with Crippen molar-refractivity contribution >= 4 is 26.0 Å². The fourth-order valence-electron chi connectivity index (χ4n) is 1.39. The number of aromatic nitrogens is 2. The first-order valence-electron chi connectivity index (χ1n) is 4.95. The minimum absolute atomic E-state index is 0.0593. The minimum Gasteiger partial charge on any atom is -0.339 e. The molecule has 0 fully saturated rings. The number of aryl methyl sites for hydroxylation is 1. The zero-order valence-electron chi connectivity index (χ0n) is 9.51. The number of nitrogens with zero attached hydrogens (tertiary/aromatic N) is 2. The number of hydrogen-bond donors (Lipinski definition) is 1. The fraction of sp³-hybridized carbons (Fsp3) is 0.667. The van der Waals surface area contributed by atoms with Crippen LogP contribution in [0, 0.1) is 0 Å². The van der Waals surface area contributed by atoms with Crippen LogP contribution in [0.4, 0.5) is 0 Å². The average molecular weight is 310 g/mol. The summed E-state index contributed by atoms with van der Waals surface area (Å²) in [7, 11) is -1.75. The standard InChI is InChI=1S/C9H16BrN3O2S/c1-7(10)4-8(2)12-16(14,15)9-5-13(3)6-11-9/h5-8,12H,4H2,1-3H3. The molecule has 0 amide bonds. The van der Waals surface area contributed by atoms with Crippen molar-refractivity contribution in [2.75, 3.05) is 0 Å². The zero-order valence-corrected chi connectivity index (χ0v) is 11.9. The Morgan fingerprint density at radius 2 is 2.19 bits per heavy atom. The molecule has 0 saturated heterocycles. The van der Waals surface area contributed by atoms with E-state index >= 15 is 0 Å². The molecule has 1 aromatic heterocycles. The van der Waals surface area contributed by atoms with Gasteiger partial charge >= 0.3 is 0 Å². The van der Waals surface area contributed by atoms with Crippen molar-refractivity contribution in [3.8, 4) is 0 Å². The van der Waals surface area contributed by atoms with E-state index in [0.29, 0.717) is 0 Å². The van der Waals surface area contributed by atoms with E-state index in [1.54, 1.807) is 11.6 Å². The minimum atomic E-state index is -3.49. The van der Waals surface area contributed by atoms with Crippen LogP contribution in [0.25, 0.3) is 0 Å². The molecule has 16 heavy (non-hydrogen) atoms. The van der Waals surface area contributed by atoms with Crippen molar-refractivity contribution in [3.63, 3.8) is 0 Å². The maximum Gasteiger partial charge on any atom is 0.259 e. The molecule has 0 aliphatic carbocycles. The molecule has 0 spiro atoms. The highest BCUT2D eigenvalue weighted by Gasteiger charge is 2.20. The van der Waals surface area contributed by atoms with E-state index in [0.717, 1.165) is 6.42 Å². The Morgan fingerprint density at radius 1 is 1.56 bits per heavy atom. The van der Waals surface area contributed by atoms with E-state index in [2.05, 4.69) is 25.6 Å². The van der Waals surface area contributed by atoms with Crippen molar-refractivity contribution in [3.05, 3.63) is 12.5 Å². The fourth-order valence-corrected chi connectivity index (χ4v) is 3.19. The third-order valence-electron chi connectivity index (χ3n) is 1.99. The van der Waals surface area contributed by atoms with Gasteiger partial charge in [0, 0.05) is 24.1 Å². The number of halogens is 1. The van der Waals surface area contributed by atoms with Crippen LogP contribution in [-0.4, -0.2) is 28.8 Å². The number of rotatable bonds is 5. The summed E-state index contributed by atoms with van der Waals surface area (Å²) < 4.78 is 27.9. The molecule has 1 N–H and O–H groups in total. The number of alkyl halides is 1. The van der Waals surface area contributed by atoms with Crippen LogP contribution in [0.3, 0.4) is 0 Å². The van der Waals surface area contributed by atoms with Gasteiger partial charge in [-0.05, 0) is 13.3 Å². The second-order valence-electron chi connectivity index (χ2n) is 3.92. The average Bonchev–Trinajstić information content (AvgIpc) is 2.49. The SMILES string of the molecule is CC(Br)CC(C)NS(=O)(=O)c1cn(C)cn1. The first kappa shape index (κ1) is 13.7. The van der Waals surface area contributed by atoms with Gasteiger partial charge in [0.2, 0.25) is 0 Å². The molecular formula is C9H16BrN3O2S. The van der Waals surface area contributed by atoms with Crippen LogP contribution in [0.5, 0.6) is 0 Å². The predicted molar refractivity (Wildman–Crippen MR) is 66.0 cm³/mol. The Balaban J connectivity index is 2.73. The van der Waals surface area contributed by atoms with E-state index in [1.807, 2.05) is 13.8 Å². The van der Waals surface area contributed by atoms with Gasteiger partial charge in [0.15, 0.2) is 5.03 Å². The first-order valence-corrected chi connectivity index (χ1v) is 7.35. The van der Waals surface area contributed by atoms with E-state index in [-0.39, 0.29) is 15.9 Å². The topological polar surface area (TPSA) is 64.0 Å². The third kappa shape index (κ3) is 3.88. The van der Waals surface area contributed by atoms with Crippen molar-refractivity contribution in [1.29, 1.82) is 0 Å². The van der Waals surface area contributed by atoms with E-state index in [1.165, 1.54) is 12.5 Å². The molecule has 1 heterocycles. The quantitative estimate of drug-likeness (QED) is 0.833. The zero-order chi connectivity index (χ0) is 12.3. The van der Waals surface area contributed by atoms with Crippen LogP contribution in [0.1, 0.15) is 20.3 Å². The molecule has 0 aromatic carbocycles. The second-order valence-corrected chi connectivity index (χ2v) is 7.14. The number of hydrogen-bond acceptors (Lipinski definition) is 3. The predicted octanol–water partition coefficient (Wildman–Crippen LogP) is 1.26. The largest absolute Gasteiger partial charge is 0.339 e. The van der Waals surface area contributed by atoms with E-state index in [4.69, 9.17) is 0 Å². The summed E-state index contributed by atoms with van der Waals surface area (Å²) in [4.78, 5) is 4.09. The van der Waals surface area contributed by atoms with Gasteiger partial charge in [0.05, 0.1) is 6.33 Å². The highest BCUT2D eigenvalue weighted by Crippen LogP contribution is 2.10. The number of imidazole rings is 1. The first-order chi connectivity index (χ1) is 7.31. The Hall–Kier alpha value is -0.400. The van der Waals surface area contributed by atoms with Crippen molar-refractivity contribution in [1.82, 2.24) is 14.3 Å². The van der Waals surface area contributed by atoms with Crippen LogP contribution < -0.4 is 4.72 Å². The molecule has 2 unspecified atom stereocenters. The molecule has 1 aromatic rings. The van der Waals surface area contributed by atoms with Crippen LogP contribution >= 0.6 is 15.9 Å². The van der Waals surface area contributed by atoms with Crippen LogP contribution in [0.15, 0.2) is 17.6 Å². The molecule has 0 radical (unpaired) electrons. The maximum atomic E-state index is 11.8. The lowest BCUT2D eigenvalue weighted by Gasteiger charge is -2.14. The molecule has 92 valence electrons. The Morgan fingerprint density at radius 3 is 2.62 bits per heavy atom. The highest BCUT2D eigenvalue weighted by atomic mass is 79.9. The van der Waals surface area contributed by atoms with Gasteiger partial charge in [-0.25, -0.2) is 18.1 Å². The second kappa shape index (κ2) is 5.29. The molecule has 0 saturated carbocycles. The molecule has 0 bridgehead atoms. The van der Waals surface area contributed by atoms with Gasteiger partial charge in [-0.15, -0.1) is 0 Å². The summed E-state index contributed by atoms with van der Waals surface area (Å²) in [5, 5.41) is 0.0593. The van der Waals surface area contributed by atoms with Gasteiger partial charge in [0.1, 0.15) is 0 Å². The lowest BCUT2D eigenvalue weighted by atomic mass is 10.2. The van der Waals surface area contributed by atoms with Crippen LogP contribution in [0.2, 0.25) is 0 Å². The Kier molecular flexibility index (Phi) is 4.52. The lowest BCUT2D eigenvalue weighted by Crippen LogP contribution is -2.34. The summed E-state index contributed by atoms with van der Waals surface area (Å²) in [6.45, 7) is 3.81.